The Morgan fingerprint density at radius 2 is 1.15 bits per heavy atom. The molecule has 8 bridgehead atoms. The average molecular weight is 813 g/mol. The number of esters is 4. The van der Waals surface area contributed by atoms with Crippen molar-refractivity contribution in [2.24, 2.45) is 23.7 Å². The number of carbonyl (C=O) groups excluding carboxylic acids is 4. The van der Waals surface area contributed by atoms with Gasteiger partial charge in [-0.2, -0.15) is 0 Å². The molecule has 3 aliphatic carbocycles. The molecule has 16 rings (SSSR count). The van der Waals surface area contributed by atoms with E-state index in [1.165, 1.54) is 11.1 Å². The molecule has 16 aliphatic rings. The predicted molar refractivity (Wildman–Crippen MR) is 210 cm³/mol. The zero-order valence-electron chi connectivity index (χ0n) is 34.0. The SMILES string of the molecule is O=C1C=C2C([C@@H]3CC4=C([C@H]5[C@H]([C@H]6CC7=CC(=O)O[C@@]78C[C@@H]6N6CCC[C@@H]68)C6=CC(=O)O[C@@]67C[C@@H]5N5CCC[C@@H]57)C(=O)O[C@@]45C[C@@H]3N3CCC[C@@H]35)=C[C@@H]3C[C@@]2(O1)[C@H]1CCCN31. The second-order valence-corrected chi connectivity index (χ2v) is 22.0. The Bertz CT molecular complexity index is 2370. The molecule has 13 aliphatic heterocycles. The van der Waals surface area contributed by atoms with Crippen LogP contribution in [0.5, 0.6) is 0 Å². The number of nitrogens with zero attached hydrogens (tertiary/aromatic N) is 4. The molecule has 12 nitrogen and oxygen atoms in total. The monoisotopic (exact) mass is 812 g/mol. The molecule has 0 N–H and O–H groups in total. The minimum Gasteiger partial charge on any atom is -0.450 e. The van der Waals surface area contributed by atoms with Crippen LogP contribution in [0.15, 0.2) is 57.7 Å². The Labute approximate surface area is 348 Å². The van der Waals surface area contributed by atoms with Crippen LogP contribution in [0.4, 0.5) is 0 Å². The van der Waals surface area contributed by atoms with Crippen molar-refractivity contribution in [3.63, 3.8) is 0 Å². The highest BCUT2D eigenvalue weighted by Gasteiger charge is 2.75. The fourth-order valence-electron chi connectivity index (χ4n) is 19.1. The number of hydrogen-bond donors (Lipinski definition) is 0. The van der Waals surface area contributed by atoms with Crippen LogP contribution in [-0.2, 0) is 38.1 Å². The van der Waals surface area contributed by atoms with E-state index < -0.39 is 22.4 Å². The van der Waals surface area contributed by atoms with Gasteiger partial charge in [-0.05, 0) is 125 Å². The molecule has 2 saturated carbocycles. The van der Waals surface area contributed by atoms with E-state index in [1.807, 2.05) is 12.2 Å². The lowest BCUT2D eigenvalue weighted by molar-refractivity contribution is -0.151. The zero-order chi connectivity index (χ0) is 39.4. The van der Waals surface area contributed by atoms with Crippen molar-refractivity contribution < 1.29 is 38.1 Å². The summed E-state index contributed by atoms with van der Waals surface area (Å²) in [6.07, 6.45) is 21.0. The van der Waals surface area contributed by atoms with E-state index in [9.17, 15) is 14.4 Å². The van der Waals surface area contributed by atoms with Crippen molar-refractivity contribution in [3.05, 3.63) is 57.7 Å². The molecule has 312 valence electrons. The zero-order valence-corrected chi connectivity index (χ0v) is 34.0. The maximum atomic E-state index is 15.5. The van der Waals surface area contributed by atoms with Crippen LogP contribution in [0.2, 0.25) is 0 Å². The standard InChI is InChI=1S/C48H52N4O8/c53-38-14-23-13-27(32-20-45(23,57-38)34-5-2-11-51(32)34)41-30-18-40(55)59-47(30)22-33(52-12-4-7-36(47)52)43(41)42-29-16-26(31-21-48(29,60-44(42)56)37-8-3-10-50(31)37)25-15-24-19-46(28(25)17-39(54)58-46)35-6-1-9-49(24)35/h14-15,17-18,24,26-27,31-37,41,43H,1-13,16,19-22H2/t24-,26+,27+,31+,32+,33+,34-,35-,36-,37-,41-,43-,45+,46+,47+,48+/m1/s1. The molecule has 4 spiro atoms. The van der Waals surface area contributed by atoms with Gasteiger partial charge in [0.15, 0.2) is 22.4 Å². The fraction of sp³-hybridized carbons (Fsp3) is 0.708. The van der Waals surface area contributed by atoms with Crippen LogP contribution in [0.1, 0.15) is 89.9 Å². The quantitative estimate of drug-likeness (QED) is 0.307. The molecule has 0 unspecified atom stereocenters. The van der Waals surface area contributed by atoms with E-state index in [1.54, 1.807) is 6.08 Å². The van der Waals surface area contributed by atoms with Crippen molar-refractivity contribution in [3.8, 4) is 0 Å². The van der Waals surface area contributed by atoms with Crippen molar-refractivity contribution in [2.75, 3.05) is 26.2 Å². The van der Waals surface area contributed by atoms with Crippen LogP contribution in [0.25, 0.3) is 0 Å². The van der Waals surface area contributed by atoms with Crippen molar-refractivity contribution >= 4 is 23.9 Å². The molecule has 11 fully saturated rings. The summed E-state index contributed by atoms with van der Waals surface area (Å²) in [5.74, 6) is -0.893. The highest BCUT2D eigenvalue weighted by molar-refractivity contribution is 5.96. The Morgan fingerprint density at radius 1 is 0.550 bits per heavy atom. The van der Waals surface area contributed by atoms with E-state index in [2.05, 4.69) is 25.7 Å². The summed E-state index contributed by atoms with van der Waals surface area (Å²) in [4.78, 5) is 66.5. The molecular formula is C48H52N4O8. The summed E-state index contributed by atoms with van der Waals surface area (Å²) in [5, 5.41) is 0. The van der Waals surface area contributed by atoms with E-state index >= 15 is 4.79 Å². The van der Waals surface area contributed by atoms with Crippen molar-refractivity contribution in [2.45, 2.75) is 161 Å². The molecule has 0 aromatic carbocycles. The van der Waals surface area contributed by atoms with E-state index in [0.717, 1.165) is 132 Å². The summed E-state index contributed by atoms with van der Waals surface area (Å²) in [6, 6.07) is 1.33. The topological polar surface area (TPSA) is 118 Å². The second-order valence-electron chi connectivity index (χ2n) is 22.0. The molecule has 0 aromatic rings. The lowest BCUT2D eigenvalue weighted by Gasteiger charge is -2.50. The average Bonchev–Trinajstić information content (AvgIpc) is 4.07. The summed E-state index contributed by atoms with van der Waals surface area (Å²) >= 11 is 0. The van der Waals surface area contributed by atoms with E-state index in [4.69, 9.17) is 18.9 Å². The van der Waals surface area contributed by atoms with Gasteiger partial charge < -0.3 is 18.9 Å². The molecule has 16 atom stereocenters. The first-order chi connectivity index (χ1) is 29.2. The fourth-order valence-corrected chi connectivity index (χ4v) is 19.1. The number of hydrogen-bond acceptors (Lipinski definition) is 12. The van der Waals surface area contributed by atoms with Gasteiger partial charge in [-0.1, -0.05) is 6.08 Å². The van der Waals surface area contributed by atoms with E-state index in [0.29, 0.717) is 6.42 Å². The smallest absolute Gasteiger partial charge is 0.335 e. The number of ether oxygens (including phenoxy) is 4. The molecule has 60 heavy (non-hydrogen) atoms. The summed E-state index contributed by atoms with van der Waals surface area (Å²) in [5.41, 5.74) is 4.28. The third kappa shape index (κ3) is 3.58. The Morgan fingerprint density at radius 3 is 1.95 bits per heavy atom. The van der Waals surface area contributed by atoms with Gasteiger partial charge in [0, 0.05) is 91.1 Å². The summed E-state index contributed by atoms with van der Waals surface area (Å²) in [7, 11) is 0. The minimum atomic E-state index is -0.677. The van der Waals surface area contributed by atoms with Gasteiger partial charge >= 0.3 is 23.9 Å². The van der Waals surface area contributed by atoms with Crippen LogP contribution < -0.4 is 0 Å². The third-order valence-electron chi connectivity index (χ3n) is 20.5. The van der Waals surface area contributed by atoms with Gasteiger partial charge in [0.05, 0.1) is 24.2 Å². The lowest BCUT2D eigenvalue weighted by atomic mass is 9.55. The Balaban J connectivity index is 0.898. The van der Waals surface area contributed by atoms with Gasteiger partial charge in [0.1, 0.15) is 0 Å². The van der Waals surface area contributed by atoms with Gasteiger partial charge in [-0.25, -0.2) is 19.2 Å². The van der Waals surface area contributed by atoms with Crippen LogP contribution in [0.3, 0.4) is 0 Å². The highest BCUT2D eigenvalue weighted by Crippen LogP contribution is 2.69. The van der Waals surface area contributed by atoms with Crippen molar-refractivity contribution in [1.82, 2.24) is 19.6 Å². The lowest BCUT2D eigenvalue weighted by Crippen LogP contribution is -2.53. The third-order valence-corrected chi connectivity index (χ3v) is 20.5. The Hall–Kier alpha value is -3.58. The number of carbonyl (C=O) groups is 4. The van der Waals surface area contributed by atoms with Crippen LogP contribution in [-0.4, -0.2) is 140 Å². The normalized spacial score (nSPS) is 53.5. The Kier molecular flexibility index (Phi) is 6.00. The molecule has 13 heterocycles. The number of rotatable bonds is 3. The van der Waals surface area contributed by atoms with Gasteiger partial charge in [0.2, 0.25) is 0 Å². The molecular weight excluding hydrogens is 761 g/mol. The molecule has 0 aromatic heterocycles. The first kappa shape index (κ1) is 34.0. The summed E-state index contributed by atoms with van der Waals surface area (Å²) < 4.78 is 26.5. The first-order valence-corrected chi connectivity index (χ1v) is 23.8. The molecule has 9 saturated heterocycles. The van der Waals surface area contributed by atoms with E-state index in [-0.39, 0.29) is 95.9 Å². The van der Waals surface area contributed by atoms with Crippen molar-refractivity contribution in [1.29, 1.82) is 0 Å². The second kappa shape index (κ2) is 10.6. The number of fused-ring (bicyclic) bond motifs is 9. The van der Waals surface area contributed by atoms with Gasteiger partial charge in [0.25, 0.3) is 0 Å². The highest BCUT2D eigenvalue weighted by atomic mass is 16.6. The minimum absolute atomic E-state index is 0.0367. The molecule has 0 radical (unpaired) electrons. The maximum Gasteiger partial charge on any atom is 0.335 e. The van der Waals surface area contributed by atoms with Gasteiger partial charge in [-0.15, -0.1) is 0 Å². The van der Waals surface area contributed by atoms with Gasteiger partial charge in [-0.3, -0.25) is 19.6 Å². The first-order valence-electron chi connectivity index (χ1n) is 23.8. The molecule has 12 heteroatoms. The largest absolute Gasteiger partial charge is 0.450 e. The van der Waals surface area contributed by atoms with Crippen LogP contribution >= 0.6 is 0 Å². The maximum absolute atomic E-state index is 15.5. The summed E-state index contributed by atoms with van der Waals surface area (Å²) in [6.45, 7) is 3.95. The predicted octanol–water partition coefficient (Wildman–Crippen LogP) is 3.42. The molecule has 0 amide bonds. The van der Waals surface area contributed by atoms with Crippen LogP contribution in [0, 0.1) is 23.7 Å².